The molecule has 0 aliphatic heterocycles. The Morgan fingerprint density at radius 1 is 1.21 bits per heavy atom. The number of nitrogens with zero attached hydrogens (tertiary/aromatic N) is 2. The molecule has 0 aliphatic rings. The van der Waals surface area contributed by atoms with Gasteiger partial charge in [-0.15, -0.1) is 0 Å². The molecule has 3 aromatic rings. The molecule has 3 rings (SSSR count). The lowest BCUT2D eigenvalue weighted by atomic mass is 10.1. The van der Waals surface area contributed by atoms with E-state index in [9.17, 15) is 9.90 Å². The minimum atomic E-state index is -0.0426. The molecular weight excluding hydrogens is 302 g/mol. The zero-order chi connectivity index (χ0) is 16.8. The number of aryl methyl sites for hydroxylation is 1. The number of aliphatic hydroxyl groups excluding tert-OH is 1. The van der Waals surface area contributed by atoms with E-state index in [1.54, 1.807) is 17.3 Å². The summed E-state index contributed by atoms with van der Waals surface area (Å²) in [4.78, 5) is 21.5. The maximum Gasteiger partial charge on any atom is 0.223 e. The Kier molecular flexibility index (Phi) is 5.23. The number of aliphatic hydroxyl groups is 1. The predicted octanol–water partition coefficient (Wildman–Crippen LogP) is 2.52. The van der Waals surface area contributed by atoms with Gasteiger partial charge in [0.1, 0.15) is 0 Å². The van der Waals surface area contributed by atoms with Crippen molar-refractivity contribution in [2.24, 2.45) is 0 Å². The number of hydrogen-bond donors (Lipinski definition) is 2. The molecule has 1 aromatic carbocycles. The van der Waals surface area contributed by atoms with Gasteiger partial charge in [0.2, 0.25) is 5.91 Å². The smallest absolute Gasteiger partial charge is 0.223 e. The van der Waals surface area contributed by atoms with Crippen molar-refractivity contribution in [2.45, 2.75) is 19.4 Å². The highest BCUT2D eigenvalue weighted by Gasteiger charge is 2.14. The van der Waals surface area contributed by atoms with Crippen molar-refractivity contribution in [3.8, 4) is 0 Å². The number of para-hydroxylation sites is 1. The average Bonchev–Trinajstić information content (AvgIpc) is 3.03. The summed E-state index contributed by atoms with van der Waals surface area (Å²) in [6.07, 6.45) is 6.52. The van der Waals surface area contributed by atoms with E-state index in [1.807, 2.05) is 36.5 Å². The Morgan fingerprint density at radius 3 is 2.88 bits per heavy atom. The van der Waals surface area contributed by atoms with Crippen molar-refractivity contribution in [1.82, 2.24) is 14.9 Å². The molecule has 0 fully saturated rings. The van der Waals surface area contributed by atoms with Gasteiger partial charge in [0.15, 0.2) is 0 Å². The molecule has 0 unspecified atom stereocenters. The van der Waals surface area contributed by atoms with Crippen LogP contribution in [0.15, 0.2) is 55.0 Å². The van der Waals surface area contributed by atoms with E-state index in [0.29, 0.717) is 25.9 Å². The normalized spacial score (nSPS) is 10.9. The van der Waals surface area contributed by atoms with Gasteiger partial charge in [0.25, 0.3) is 0 Å². The fourth-order valence-corrected chi connectivity index (χ4v) is 2.86. The van der Waals surface area contributed by atoms with Crippen LogP contribution in [0.1, 0.15) is 17.5 Å². The molecule has 2 N–H and O–H groups in total. The minimum Gasteiger partial charge on any atom is -0.395 e. The number of carbonyl (C=O) groups excluding carboxylic acids is 1. The first-order chi connectivity index (χ1) is 11.8. The van der Waals surface area contributed by atoms with Crippen molar-refractivity contribution in [3.05, 3.63) is 66.1 Å². The quantitative estimate of drug-likeness (QED) is 0.702. The predicted molar refractivity (Wildman–Crippen MR) is 93.4 cm³/mol. The van der Waals surface area contributed by atoms with Crippen LogP contribution in [0, 0.1) is 0 Å². The third kappa shape index (κ3) is 3.81. The Labute approximate surface area is 141 Å². The van der Waals surface area contributed by atoms with E-state index in [0.717, 1.165) is 22.0 Å². The molecule has 0 atom stereocenters. The van der Waals surface area contributed by atoms with Crippen molar-refractivity contribution in [1.29, 1.82) is 0 Å². The van der Waals surface area contributed by atoms with Gasteiger partial charge in [0, 0.05) is 49.0 Å². The Hall–Kier alpha value is -2.66. The highest BCUT2D eigenvalue weighted by Crippen LogP contribution is 2.19. The molecule has 2 aromatic heterocycles. The average molecular weight is 323 g/mol. The highest BCUT2D eigenvalue weighted by atomic mass is 16.3. The maximum atomic E-state index is 12.6. The summed E-state index contributed by atoms with van der Waals surface area (Å²) in [7, 11) is 0. The van der Waals surface area contributed by atoms with Gasteiger partial charge in [0.05, 0.1) is 6.61 Å². The molecule has 2 heterocycles. The van der Waals surface area contributed by atoms with Crippen molar-refractivity contribution in [2.75, 3.05) is 13.2 Å². The lowest BCUT2D eigenvalue weighted by Crippen LogP contribution is -2.33. The molecule has 5 heteroatoms. The summed E-state index contributed by atoms with van der Waals surface area (Å²) in [6.45, 7) is 0.766. The number of nitrogens with one attached hydrogen (secondary N) is 1. The summed E-state index contributed by atoms with van der Waals surface area (Å²) in [5.74, 6) is 0.0400. The Bertz CT molecular complexity index is 798. The topological polar surface area (TPSA) is 69.2 Å². The molecule has 124 valence electrons. The standard InChI is InChI=1S/C19H21N3O2/c23-11-10-22(14-15-4-3-9-20-12-15)19(24)8-7-16-13-21-18-6-2-1-5-17(16)18/h1-6,9,12-13,21,23H,7-8,10-11,14H2. The second-order valence-electron chi connectivity index (χ2n) is 5.76. The zero-order valence-electron chi connectivity index (χ0n) is 13.5. The van der Waals surface area contributed by atoms with Crippen LogP contribution in [0.3, 0.4) is 0 Å². The Balaban J connectivity index is 1.65. The number of hydrogen-bond acceptors (Lipinski definition) is 3. The second-order valence-corrected chi connectivity index (χ2v) is 5.76. The van der Waals surface area contributed by atoms with Crippen LogP contribution in [-0.2, 0) is 17.8 Å². The molecule has 24 heavy (non-hydrogen) atoms. The number of H-pyrrole nitrogens is 1. The van der Waals surface area contributed by atoms with E-state index in [-0.39, 0.29) is 12.5 Å². The van der Waals surface area contributed by atoms with Gasteiger partial charge < -0.3 is 15.0 Å². The van der Waals surface area contributed by atoms with Crippen molar-refractivity contribution < 1.29 is 9.90 Å². The molecule has 0 bridgehead atoms. The van der Waals surface area contributed by atoms with Gasteiger partial charge in [-0.05, 0) is 29.7 Å². The van der Waals surface area contributed by atoms with Crippen LogP contribution in [0.2, 0.25) is 0 Å². The Morgan fingerprint density at radius 2 is 2.08 bits per heavy atom. The number of rotatable bonds is 7. The van der Waals surface area contributed by atoms with Crippen LogP contribution >= 0.6 is 0 Å². The van der Waals surface area contributed by atoms with E-state index in [2.05, 4.69) is 16.0 Å². The number of fused-ring (bicyclic) bond motifs is 1. The first kappa shape index (κ1) is 16.2. The number of benzene rings is 1. The second kappa shape index (κ2) is 7.75. The van der Waals surface area contributed by atoms with Gasteiger partial charge in [-0.1, -0.05) is 24.3 Å². The number of carbonyl (C=O) groups is 1. The molecule has 0 spiro atoms. The molecule has 0 saturated heterocycles. The molecule has 5 nitrogen and oxygen atoms in total. The van der Waals surface area contributed by atoms with Crippen molar-refractivity contribution >= 4 is 16.8 Å². The largest absolute Gasteiger partial charge is 0.395 e. The molecule has 0 saturated carbocycles. The summed E-state index contributed by atoms with van der Waals surface area (Å²) in [6, 6.07) is 11.9. The SMILES string of the molecule is O=C(CCc1c[nH]c2ccccc12)N(CCO)Cc1cccnc1. The van der Waals surface area contributed by atoms with E-state index >= 15 is 0 Å². The summed E-state index contributed by atoms with van der Waals surface area (Å²) < 4.78 is 0. The number of aromatic nitrogens is 2. The summed E-state index contributed by atoms with van der Waals surface area (Å²) in [5.41, 5.74) is 3.19. The minimum absolute atomic E-state index is 0.0400. The van der Waals surface area contributed by atoms with Crippen LogP contribution in [0.25, 0.3) is 10.9 Å². The van der Waals surface area contributed by atoms with Gasteiger partial charge >= 0.3 is 0 Å². The van der Waals surface area contributed by atoms with Gasteiger partial charge in [-0.25, -0.2) is 0 Å². The lowest BCUT2D eigenvalue weighted by Gasteiger charge is -2.21. The molecule has 1 amide bonds. The van der Waals surface area contributed by atoms with Crippen LogP contribution in [0.5, 0.6) is 0 Å². The summed E-state index contributed by atoms with van der Waals surface area (Å²) >= 11 is 0. The van der Waals surface area contributed by atoms with E-state index < -0.39 is 0 Å². The lowest BCUT2D eigenvalue weighted by molar-refractivity contribution is -0.132. The third-order valence-electron chi connectivity index (χ3n) is 4.10. The summed E-state index contributed by atoms with van der Waals surface area (Å²) in [5, 5.41) is 10.4. The molecule has 0 aliphatic carbocycles. The molecule has 0 radical (unpaired) electrons. The first-order valence-electron chi connectivity index (χ1n) is 8.10. The van der Waals surface area contributed by atoms with Crippen molar-refractivity contribution in [3.63, 3.8) is 0 Å². The first-order valence-corrected chi connectivity index (χ1v) is 8.10. The maximum absolute atomic E-state index is 12.6. The highest BCUT2D eigenvalue weighted by molar-refractivity contribution is 5.84. The third-order valence-corrected chi connectivity index (χ3v) is 4.10. The van der Waals surface area contributed by atoms with Crippen LogP contribution in [0.4, 0.5) is 0 Å². The number of pyridine rings is 1. The van der Waals surface area contributed by atoms with Gasteiger partial charge in [-0.3, -0.25) is 9.78 Å². The number of aromatic amines is 1. The monoisotopic (exact) mass is 323 g/mol. The molecular formula is C19H21N3O2. The van der Waals surface area contributed by atoms with Crippen LogP contribution in [-0.4, -0.2) is 39.0 Å². The number of amides is 1. The fraction of sp³-hybridized carbons (Fsp3) is 0.263. The van der Waals surface area contributed by atoms with Crippen LogP contribution < -0.4 is 0 Å². The van der Waals surface area contributed by atoms with E-state index in [4.69, 9.17) is 0 Å². The van der Waals surface area contributed by atoms with E-state index in [1.165, 1.54) is 0 Å². The fourth-order valence-electron chi connectivity index (χ4n) is 2.86. The van der Waals surface area contributed by atoms with Gasteiger partial charge in [-0.2, -0.15) is 0 Å². The zero-order valence-corrected chi connectivity index (χ0v) is 13.5.